The molecule has 414 valence electrons. The van der Waals surface area contributed by atoms with Crippen molar-refractivity contribution in [2.24, 2.45) is 0 Å². The lowest BCUT2D eigenvalue weighted by molar-refractivity contribution is -0.167. The number of ether oxygens (including phenoxy) is 3. The molecular formula is C67H110O6. The summed E-state index contributed by atoms with van der Waals surface area (Å²) >= 11 is 0. The number of unbranched alkanes of at least 4 members (excludes halogenated alkanes) is 22. The Balaban J connectivity index is 4.41. The van der Waals surface area contributed by atoms with Crippen LogP contribution in [0.1, 0.15) is 265 Å². The standard InChI is InChI=1S/C67H110O6/c1-4-7-10-13-16-19-22-25-27-29-31-32-33-34-36-37-39-42-45-48-51-54-57-60-66(69)72-63-64(62-71-65(68)59-56-53-50-47-44-41-24-21-18-15-12-9-6-3)73-67(70)61-58-55-52-49-46-43-40-38-35-30-28-26-23-20-17-14-11-8-5-2/h7,9-10,12,16-21,25-28,31-32,35,38,41,44,64H,4-6,8,11,13-15,22-24,29-30,33-34,36-37,39-40,42-43,45-63H2,1-3H3/b10-7-,12-9-,19-16-,20-17-,21-18-,27-25-,28-26-,32-31-,38-35-,44-41-. The number of carbonyl (C=O) groups excluding carboxylic acids is 3. The first-order valence-electron chi connectivity index (χ1n) is 30.0. The fourth-order valence-electron chi connectivity index (χ4n) is 7.98. The van der Waals surface area contributed by atoms with Crippen LogP contribution in [0, 0.1) is 0 Å². The second-order valence-corrected chi connectivity index (χ2v) is 19.5. The van der Waals surface area contributed by atoms with E-state index in [0.29, 0.717) is 19.3 Å². The Kier molecular flexibility index (Phi) is 56.9. The first kappa shape index (κ1) is 68.8. The summed E-state index contributed by atoms with van der Waals surface area (Å²) in [5, 5.41) is 0. The maximum absolute atomic E-state index is 12.9. The number of hydrogen-bond acceptors (Lipinski definition) is 6. The molecule has 0 spiro atoms. The summed E-state index contributed by atoms with van der Waals surface area (Å²) in [6.07, 6.45) is 83.4. The van der Waals surface area contributed by atoms with Gasteiger partial charge < -0.3 is 14.2 Å². The van der Waals surface area contributed by atoms with E-state index in [2.05, 4.69) is 142 Å². The minimum Gasteiger partial charge on any atom is -0.462 e. The SMILES string of the molecule is CC/C=C\C/C=C\C/C=C\C/C=C\CCCCCCCCCCCCC(=O)OCC(COC(=O)CCCCC/C=C\C/C=C\C/C=C\CC)OC(=O)CCCCCCCC/C=C\C/C=C\C/C=C\CCCCC. The van der Waals surface area contributed by atoms with Crippen LogP contribution in [-0.4, -0.2) is 37.2 Å². The summed E-state index contributed by atoms with van der Waals surface area (Å²) < 4.78 is 16.9. The van der Waals surface area contributed by atoms with E-state index < -0.39 is 6.10 Å². The minimum atomic E-state index is -0.803. The summed E-state index contributed by atoms with van der Waals surface area (Å²) in [5.41, 5.74) is 0. The average Bonchev–Trinajstić information content (AvgIpc) is 3.39. The molecule has 0 aliphatic carbocycles. The molecule has 0 aromatic heterocycles. The molecule has 0 saturated heterocycles. The topological polar surface area (TPSA) is 78.9 Å². The normalized spacial score (nSPS) is 13.0. The predicted molar refractivity (Wildman–Crippen MR) is 316 cm³/mol. The van der Waals surface area contributed by atoms with Crippen LogP contribution in [0.3, 0.4) is 0 Å². The van der Waals surface area contributed by atoms with Gasteiger partial charge in [-0.1, -0.05) is 239 Å². The molecular weight excluding hydrogens is 901 g/mol. The third-order valence-electron chi connectivity index (χ3n) is 12.4. The van der Waals surface area contributed by atoms with Gasteiger partial charge in [-0.2, -0.15) is 0 Å². The Morgan fingerprint density at radius 2 is 0.534 bits per heavy atom. The molecule has 0 aliphatic heterocycles. The molecule has 0 aromatic carbocycles. The van der Waals surface area contributed by atoms with Gasteiger partial charge in [-0.3, -0.25) is 14.4 Å². The molecule has 0 rings (SSSR count). The lowest BCUT2D eigenvalue weighted by Crippen LogP contribution is -2.30. The monoisotopic (exact) mass is 1010 g/mol. The van der Waals surface area contributed by atoms with E-state index in [4.69, 9.17) is 14.2 Å². The van der Waals surface area contributed by atoms with Crippen LogP contribution in [0.25, 0.3) is 0 Å². The van der Waals surface area contributed by atoms with Crippen molar-refractivity contribution in [2.75, 3.05) is 13.2 Å². The van der Waals surface area contributed by atoms with E-state index in [0.717, 1.165) is 135 Å². The molecule has 0 heterocycles. The van der Waals surface area contributed by atoms with Gasteiger partial charge in [0, 0.05) is 19.3 Å². The molecule has 6 heteroatoms. The molecule has 1 unspecified atom stereocenters. The summed E-state index contributed by atoms with van der Waals surface area (Å²) in [7, 11) is 0. The van der Waals surface area contributed by atoms with Crippen molar-refractivity contribution >= 4 is 17.9 Å². The van der Waals surface area contributed by atoms with Gasteiger partial charge in [0.1, 0.15) is 13.2 Å². The Hall–Kier alpha value is -4.19. The van der Waals surface area contributed by atoms with Gasteiger partial charge in [0.05, 0.1) is 0 Å². The molecule has 0 saturated carbocycles. The highest BCUT2D eigenvalue weighted by atomic mass is 16.6. The zero-order valence-corrected chi connectivity index (χ0v) is 47.4. The van der Waals surface area contributed by atoms with Crippen molar-refractivity contribution in [3.8, 4) is 0 Å². The highest BCUT2D eigenvalue weighted by Gasteiger charge is 2.19. The molecule has 0 bridgehead atoms. The van der Waals surface area contributed by atoms with Crippen LogP contribution < -0.4 is 0 Å². The molecule has 0 amide bonds. The van der Waals surface area contributed by atoms with Gasteiger partial charge in [0.25, 0.3) is 0 Å². The Morgan fingerprint density at radius 1 is 0.288 bits per heavy atom. The highest BCUT2D eigenvalue weighted by Crippen LogP contribution is 2.15. The lowest BCUT2D eigenvalue weighted by atomic mass is 10.1. The minimum absolute atomic E-state index is 0.0977. The molecule has 0 aliphatic rings. The Morgan fingerprint density at radius 3 is 0.849 bits per heavy atom. The van der Waals surface area contributed by atoms with E-state index in [-0.39, 0.29) is 31.1 Å². The van der Waals surface area contributed by atoms with Crippen molar-refractivity contribution in [2.45, 2.75) is 271 Å². The summed E-state index contributed by atoms with van der Waals surface area (Å²) in [6, 6.07) is 0. The summed E-state index contributed by atoms with van der Waals surface area (Å²) in [6.45, 7) is 6.35. The van der Waals surface area contributed by atoms with Crippen LogP contribution >= 0.6 is 0 Å². The first-order valence-corrected chi connectivity index (χ1v) is 30.0. The van der Waals surface area contributed by atoms with Gasteiger partial charge in [-0.05, 0) is 128 Å². The zero-order chi connectivity index (χ0) is 52.9. The third kappa shape index (κ3) is 58.6. The van der Waals surface area contributed by atoms with Gasteiger partial charge in [0.15, 0.2) is 6.10 Å². The Labute approximate surface area is 450 Å². The van der Waals surface area contributed by atoms with Crippen LogP contribution in [0.4, 0.5) is 0 Å². The molecule has 1 atom stereocenters. The Bertz CT molecular complexity index is 1540. The lowest BCUT2D eigenvalue weighted by Gasteiger charge is -2.18. The van der Waals surface area contributed by atoms with E-state index in [1.165, 1.54) is 89.9 Å². The zero-order valence-electron chi connectivity index (χ0n) is 47.4. The second kappa shape index (κ2) is 60.4. The van der Waals surface area contributed by atoms with Crippen LogP contribution in [0.2, 0.25) is 0 Å². The van der Waals surface area contributed by atoms with Crippen LogP contribution in [0.15, 0.2) is 122 Å². The van der Waals surface area contributed by atoms with Crippen molar-refractivity contribution in [1.82, 2.24) is 0 Å². The van der Waals surface area contributed by atoms with Crippen LogP contribution in [-0.2, 0) is 28.6 Å². The van der Waals surface area contributed by atoms with Crippen molar-refractivity contribution in [3.05, 3.63) is 122 Å². The van der Waals surface area contributed by atoms with Gasteiger partial charge in [-0.15, -0.1) is 0 Å². The summed E-state index contributed by atoms with van der Waals surface area (Å²) in [4.78, 5) is 38.2. The fraction of sp³-hybridized carbons (Fsp3) is 0.657. The second-order valence-electron chi connectivity index (χ2n) is 19.5. The highest BCUT2D eigenvalue weighted by molar-refractivity contribution is 5.71. The van der Waals surface area contributed by atoms with Gasteiger partial charge in [0.2, 0.25) is 0 Å². The van der Waals surface area contributed by atoms with Crippen molar-refractivity contribution in [1.29, 1.82) is 0 Å². The van der Waals surface area contributed by atoms with Gasteiger partial charge >= 0.3 is 17.9 Å². The van der Waals surface area contributed by atoms with Crippen LogP contribution in [0.5, 0.6) is 0 Å². The average molecular weight is 1010 g/mol. The first-order chi connectivity index (χ1) is 36.0. The number of rotatable bonds is 53. The molecule has 0 fully saturated rings. The quantitative estimate of drug-likeness (QED) is 0.0261. The maximum Gasteiger partial charge on any atom is 0.306 e. The number of hydrogen-bond donors (Lipinski definition) is 0. The number of carbonyl (C=O) groups is 3. The van der Waals surface area contributed by atoms with E-state index in [1.54, 1.807) is 0 Å². The molecule has 0 N–H and O–H groups in total. The molecule has 6 nitrogen and oxygen atoms in total. The van der Waals surface area contributed by atoms with E-state index >= 15 is 0 Å². The largest absolute Gasteiger partial charge is 0.462 e. The number of esters is 3. The number of allylic oxidation sites excluding steroid dienone is 20. The molecule has 73 heavy (non-hydrogen) atoms. The fourth-order valence-corrected chi connectivity index (χ4v) is 7.98. The van der Waals surface area contributed by atoms with Crippen molar-refractivity contribution < 1.29 is 28.6 Å². The van der Waals surface area contributed by atoms with E-state index in [9.17, 15) is 14.4 Å². The molecule has 0 radical (unpaired) electrons. The summed E-state index contributed by atoms with van der Waals surface area (Å²) in [5.74, 6) is -0.944. The van der Waals surface area contributed by atoms with Crippen molar-refractivity contribution in [3.63, 3.8) is 0 Å². The molecule has 0 aromatic rings. The smallest absolute Gasteiger partial charge is 0.306 e. The third-order valence-corrected chi connectivity index (χ3v) is 12.4. The predicted octanol–water partition coefficient (Wildman–Crippen LogP) is 20.4. The maximum atomic E-state index is 12.9. The van der Waals surface area contributed by atoms with E-state index in [1.807, 2.05) is 0 Å². The van der Waals surface area contributed by atoms with Gasteiger partial charge in [-0.25, -0.2) is 0 Å².